The van der Waals surface area contributed by atoms with E-state index in [2.05, 4.69) is 28.6 Å². The van der Waals surface area contributed by atoms with Crippen LogP contribution in [-0.2, 0) is 4.79 Å². The Hall–Kier alpha value is -3.08. The summed E-state index contributed by atoms with van der Waals surface area (Å²) < 4.78 is 7.94. The Morgan fingerprint density at radius 3 is 2.36 bits per heavy atom. The van der Waals surface area contributed by atoms with E-state index in [9.17, 15) is 4.79 Å². The zero-order valence-corrected chi connectivity index (χ0v) is 16.1. The van der Waals surface area contributed by atoms with Crippen molar-refractivity contribution < 1.29 is 9.53 Å². The number of aromatic nitrogens is 2. The summed E-state index contributed by atoms with van der Waals surface area (Å²) in [4.78, 5) is 19.1. The van der Waals surface area contributed by atoms with E-state index >= 15 is 0 Å². The molecule has 5 heteroatoms. The Morgan fingerprint density at radius 1 is 1.04 bits per heavy atom. The molecule has 1 saturated heterocycles. The topological polar surface area (TPSA) is 47.4 Å². The number of nitrogens with zero attached hydrogens (tertiary/aromatic N) is 3. The molecule has 3 aromatic rings. The van der Waals surface area contributed by atoms with Gasteiger partial charge in [-0.25, -0.2) is 4.98 Å². The van der Waals surface area contributed by atoms with Crippen molar-refractivity contribution in [3.63, 3.8) is 0 Å². The molecule has 0 unspecified atom stereocenters. The molecule has 2 heterocycles. The molecule has 144 valence electrons. The third kappa shape index (κ3) is 3.93. The van der Waals surface area contributed by atoms with E-state index in [-0.39, 0.29) is 12.5 Å². The zero-order valence-electron chi connectivity index (χ0n) is 16.1. The highest BCUT2D eigenvalue weighted by Crippen LogP contribution is 2.30. The first-order chi connectivity index (χ1) is 13.7. The highest BCUT2D eigenvalue weighted by Gasteiger charge is 2.26. The van der Waals surface area contributed by atoms with Gasteiger partial charge in [0.15, 0.2) is 6.61 Å². The molecule has 0 saturated carbocycles. The van der Waals surface area contributed by atoms with Gasteiger partial charge in [0.2, 0.25) is 0 Å². The van der Waals surface area contributed by atoms with Crippen molar-refractivity contribution in [1.82, 2.24) is 14.5 Å². The van der Waals surface area contributed by atoms with Crippen molar-refractivity contribution in [2.24, 2.45) is 0 Å². The molecule has 0 N–H and O–H groups in total. The van der Waals surface area contributed by atoms with Gasteiger partial charge in [-0.1, -0.05) is 48.5 Å². The number of carbonyl (C=O) groups is 1. The van der Waals surface area contributed by atoms with Crippen molar-refractivity contribution in [1.29, 1.82) is 0 Å². The molecule has 0 atom stereocenters. The quantitative estimate of drug-likeness (QED) is 0.674. The second-order valence-corrected chi connectivity index (χ2v) is 7.17. The second kappa shape index (κ2) is 8.30. The second-order valence-electron chi connectivity index (χ2n) is 7.17. The average Bonchev–Trinajstić information content (AvgIpc) is 3.15. The largest absolute Gasteiger partial charge is 0.484 e. The molecule has 1 aliphatic heterocycles. The first kappa shape index (κ1) is 18.3. The molecule has 0 aliphatic carbocycles. The molecule has 0 bridgehead atoms. The fourth-order valence-corrected chi connectivity index (χ4v) is 3.83. The molecule has 0 spiro atoms. The summed E-state index contributed by atoms with van der Waals surface area (Å²) in [6.07, 6.45) is 3.79. The summed E-state index contributed by atoms with van der Waals surface area (Å²) >= 11 is 0. The van der Waals surface area contributed by atoms with E-state index in [0.29, 0.717) is 6.04 Å². The van der Waals surface area contributed by atoms with Crippen molar-refractivity contribution in [3.05, 3.63) is 72.6 Å². The Morgan fingerprint density at radius 2 is 1.68 bits per heavy atom. The molecule has 5 nitrogen and oxygen atoms in total. The minimum atomic E-state index is 0.0490. The minimum absolute atomic E-state index is 0.0490. The SMILES string of the molecule is Cc1cnc(-c2ccccc2)n1C1CCN(C(=O)COc2ccccc2)CC1. The predicted molar refractivity (Wildman–Crippen MR) is 109 cm³/mol. The molecule has 2 aromatic carbocycles. The summed E-state index contributed by atoms with van der Waals surface area (Å²) in [7, 11) is 0. The van der Waals surface area contributed by atoms with Gasteiger partial charge < -0.3 is 14.2 Å². The van der Waals surface area contributed by atoms with Gasteiger partial charge in [0.25, 0.3) is 5.91 Å². The number of piperidine rings is 1. The van der Waals surface area contributed by atoms with E-state index < -0.39 is 0 Å². The lowest BCUT2D eigenvalue weighted by atomic mass is 10.0. The molecule has 1 amide bonds. The van der Waals surface area contributed by atoms with Crippen LogP contribution in [0.3, 0.4) is 0 Å². The first-order valence-corrected chi connectivity index (χ1v) is 9.77. The summed E-state index contributed by atoms with van der Waals surface area (Å²) in [6, 6.07) is 20.1. The van der Waals surface area contributed by atoms with Crippen LogP contribution in [0.5, 0.6) is 5.75 Å². The number of benzene rings is 2. The molecule has 1 fully saturated rings. The molecular weight excluding hydrogens is 350 g/mol. The van der Waals surface area contributed by atoms with E-state index in [1.807, 2.05) is 59.6 Å². The third-order valence-electron chi connectivity index (χ3n) is 5.30. The monoisotopic (exact) mass is 375 g/mol. The van der Waals surface area contributed by atoms with Crippen LogP contribution < -0.4 is 4.74 Å². The van der Waals surface area contributed by atoms with Crippen molar-refractivity contribution >= 4 is 5.91 Å². The Kier molecular flexibility index (Phi) is 5.42. The van der Waals surface area contributed by atoms with E-state index in [4.69, 9.17) is 4.74 Å². The maximum Gasteiger partial charge on any atom is 0.260 e. The van der Waals surface area contributed by atoms with Crippen molar-refractivity contribution in [2.45, 2.75) is 25.8 Å². The van der Waals surface area contributed by atoms with Crippen LogP contribution in [-0.4, -0.2) is 40.1 Å². The molecule has 4 rings (SSSR count). The maximum atomic E-state index is 12.5. The van der Waals surface area contributed by atoms with E-state index in [1.54, 1.807) is 0 Å². The van der Waals surface area contributed by atoms with Gasteiger partial charge in [-0.2, -0.15) is 0 Å². The molecular formula is C23H25N3O2. The molecule has 1 aromatic heterocycles. The van der Waals surface area contributed by atoms with Gasteiger partial charge in [-0.3, -0.25) is 4.79 Å². The summed E-state index contributed by atoms with van der Waals surface area (Å²) in [5.41, 5.74) is 2.29. The van der Waals surface area contributed by atoms with E-state index in [0.717, 1.165) is 48.8 Å². The number of imidazole rings is 1. The normalized spacial score (nSPS) is 14.8. The van der Waals surface area contributed by atoms with Crippen LogP contribution in [0, 0.1) is 6.92 Å². The van der Waals surface area contributed by atoms with Crippen molar-refractivity contribution in [3.8, 4) is 17.1 Å². The number of para-hydroxylation sites is 1. The zero-order chi connectivity index (χ0) is 19.3. The molecule has 28 heavy (non-hydrogen) atoms. The van der Waals surface area contributed by atoms with Crippen LogP contribution >= 0.6 is 0 Å². The van der Waals surface area contributed by atoms with Gasteiger partial charge >= 0.3 is 0 Å². The third-order valence-corrected chi connectivity index (χ3v) is 5.30. The van der Waals surface area contributed by atoms with Crippen LogP contribution in [0.25, 0.3) is 11.4 Å². The Labute approximate surface area is 165 Å². The van der Waals surface area contributed by atoms with Crippen molar-refractivity contribution in [2.75, 3.05) is 19.7 Å². The van der Waals surface area contributed by atoms with Gasteiger partial charge in [-0.05, 0) is 31.9 Å². The summed E-state index contributed by atoms with van der Waals surface area (Å²) in [5, 5.41) is 0. The maximum absolute atomic E-state index is 12.5. The average molecular weight is 375 g/mol. The molecule has 1 aliphatic rings. The standard InChI is InChI=1S/C23H25N3O2/c1-18-16-24-23(19-8-4-2-5-9-19)26(18)20-12-14-25(15-13-20)22(27)17-28-21-10-6-3-7-11-21/h2-11,16,20H,12-15,17H2,1H3. The fraction of sp³-hybridized carbons (Fsp3) is 0.304. The number of carbonyl (C=O) groups excluding carboxylic acids is 1. The van der Waals surface area contributed by atoms with Crippen LogP contribution in [0.4, 0.5) is 0 Å². The number of aryl methyl sites for hydroxylation is 1. The van der Waals surface area contributed by atoms with E-state index in [1.165, 1.54) is 0 Å². The highest BCUT2D eigenvalue weighted by molar-refractivity contribution is 5.77. The minimum Gasteiger partial charge on any atom is -0.484 e. The Balaban J connectivity index is 1.38. The number of rotatable bonds is 5. The number of hydrogen-bond donors (Lipinski definition) is 0. The fourth-order valence-electron chi connectivity index (χ4n) is 3.83. The highest BCUT2D eigenvalue weighted by atomic mass is 16.5. The summed E-state index contributed by atoms with van der Waals surface area (Å²) in [6.45, 7) is 3.68. The van der Waals surface area contributed by atoms with Crippen LogP contribution in [0.1, 0.15) is 24.6 Å². The number of likely N-dealkylation sites (tertiary alicyclic amines) is 1. The number of ether oxygens (including phenoxy) is 1. The first-order valence-electron chi connectivity index (χ1n) is 9.77. The van der Waals surface area contributed by atoms with Crippen LogP contribution in [0.15, 0.2) is 66.9 Å². The lowest BCUT2D eigenvalue weighted by Gasteiger charge is -2.34. The van der Waals surface area contributed by atoms with Gasteiger partial charge in [0.05, 0.1) is 0 Å². The van der Waals surface area contributed by atoms with Gasteiger partial charge in [-0.15, -0.1) is 0 Å². The Bertz CT molecular complexity index is 914. The smallest absolute Gasteiger partial charge is 0.260 e. The molecule has 0 radical (unpaired) electrons. The number of amides is 1. The predicted octanol–water partition coefficient (Wildman–Crippen LogP) is 4.10. The van der Waals surface area contributed by atoms with Gasteiger partial charge in [0, 0.05) is 36.6 Å². The van der Waals surface area contributed by atoms with Crippen LogP contribution in [0.2, 0.25) is 0 Å². The lowest BCUT2D eigenvalue weighted by molar-refractivity contribution is -0.134. The lowest BCUT2D eigenvalue weighted by Crippen LogP contribution is -2.41. The summed E-state index contributed by atoms with van der Waals surface area (Å²) in [5.74, 6) is 1.79. The number of hydrogen-bond acceptors (Lipinski definition) is 3. The van der Waals surface area contributed by atoms with Gasteiger partial charge in [0.1, 0.15) is 11.6 Å².